The van der Waals surface area contributed by atoms with Gasteiger partial charge in [0.25, 0.3) is 0 Å². The smallest absolute Gasteiger partial charge is 0.245 e. The number of halogens is 1. The fourth-order valence-corrected chi connectivity index (χ4v) is 2.27. The van der Waals surface area contributed by atoms with Gasteiger partial charge < -0.3 is 19.9 Å². The lowest BCUT2D eigenvalue weighted by atomic mass is 9.99. The van der Waals surface area contributed by atoms with E-state index < -0.39 is 0 Å². The monoisotopic (exact) mass is 345 g/mol. The largest absolute Gasteiger partial charge is 0.496 e. The summed E-state index contributed by atoms with van der Waals surface area (Å²) in [5.41, 5.74) is 0.988. The second-order valence-electron chi connectivity index (χ2n) is 4.45. The fraction of sp³-hybridized carbons (Fsp3) is 0.500. The van der Waals surface area contributed by atoms with Crippen molar-refractivity contribution in [1.29, 1.82) is 0 Å². The van der Waals surface area contributed by atoms with E-state index in [-0.39, 0.29) is 25.0 Å². The first-order valence-corrected chi connectivity index (χ1v) is 7.09. The minimum Gasteiger partial charge on any atom is -0.496 e. The average Bonchev–Trinajstić information content (AvgIpc) is 2.44. The number of hydrogen-bond donors (Lipinski definition) is 2. The molecule has 0 bridgehead atoms. The van der Waals surface area contributed by atoms with Gasteiger partial charge in [-0.05, 0) is 30.2 Å². The van der Waals surface area contributed by atoms with Crippen molar-refractivity contribution in [3.8, 4) is 5.75 Å². The Hall–Kier alpha value is -1.11. The van der Waals surface area contributed by atoms with Crippen LogP contribution < -0.4 is 10.1 Å². The molecule has 0 saturated carbocycles. The summed E-state index contributed by atoms with van der Waals surface area (Å²) in [4.78, 5) is 11.3. The zero-order chi connectivity index (χ0) is 15.0. The summed E-state index contributed by atoms with van der Waals surface area (Å²) in [6, 6.07) is 5.73. The van der Waals surface area contributed by atoms with Crippen molar-refractivity contribution in [2.24, 2.45) is 5.92 Å². The van der Waals surface area contributed by atoms with E-state index in [1.165, 1.54) is 7.11 Å². The van der Waals surface area contributed by atoms with Gasteiger partial charge in [0.05, 0.1) is 7.11 Å². The van der Waals surface area contributed by atoms with Crippen LogP contribution in [0.15, 0.2) is 22.7 Å². The van der Waals surface area contributed by atoms with E-state index >= 15 is 0 Å². The number of carbonyl (C=O) groups is 1. The number of benzene rings is 1. The number of aliphatic hydroxyl groups excluding tert-OH is 1. The zero-order valence-electron chi connectivity index (χ0n) is 11.7. The number of methoxy groups -OCH3 is 2. The van der Waals surface area contributed by atoms with Crippen molar-refractivity contribution in [3.05, 3.63) is 28.2 Å². The first-order valence-electron chi connectivity index (χ1n) is 6.29. The van der Waals surface area contributed by atoms with E-state index in [4.69, 9.17) is 9.47 Å². The zero-order valence-corrected chi connectivity index (χ0v) is 13.3. The molecule has 1 aromatic rings. The highest BCUT2D eigenvalue weighted by Gasteiger charge is 2.13. The molecule has 0 fully saturated rings. The SMILES string of the molecule is COCC(=O)NCC(CO)Cc1cc(Br)ccc1OC. The van der Waals surface area contributed by atoms with Gasteiger partial charge in [-0.25, -0.2) is 0 Å². The summed E-state index contributed by atoms with van der Waals surface area (Å²) in [6.45, 7) is 0.412. The summed E-state index contributed by atoms with van der Waals surface area (Å²) < 4.78 is 11.0. The van der Waals surface area contributed by atoms with Gasteiger partial charge in [0, 0.05) is 30.7 Å². The first-order chi connectivity index (χ1) is 9.60. The summed E-state index contributed by atoms with van der Waals surface area (Å²) in [5.74, 6) is 0.515. The van der Waals surface area contributed by atoms with E-state index in [2.05, 4.69) is 21.2 Å². The molecule has 1 unspecified atom stereocenters. The van der Waals surface area contributed by atoms with Gasteiger partial charge in [-0.15, -0.1) is 0 Å². The number of nitrogens with one attached hydrogen (secondary N) is 1. The predicted octanol–water partition coefficient (Wildman–Crippen LogP) is 1.37. The quantitative estimate of drug-likeness (QED) is 0.746. The van der Waals surface area contributed by atoms with Crippen LogP contribution in [0.25, 0.3) is 0 Å². The standard InChI is InChI=1S/C14H20BrNO4/c1-19-9-14(18)16-7-10(8-17)5-11-6-12(15)3-4-13(11)20-2/h3-4,6,10,17H,5,7-9H2,1-2H3,(H,16,18). The first kappa shape index (κ1) is 16.9. The van der Waals surface area contributed by atoms with Crippen LogP contribution in [0.2, 0.25) is 0 Å². The van der Waals surface area contributed by atoms with Gasteiger partial charge in [0.1, 0.15) is 12.4 Å². The molecule has 1 rings (SSSR count). The van der Waals surface area contributed by atoms with Crippen LogP contribution >= 0.6 is 15.9 Å². The van der Waals surface area contributed by atoms with Crippen molar-refractivity contribution in [1.82, 2.24) is 5.32 Å². The van der Waals surface area contributed by atoms with E-state index in [0.717, 1.165) is 15.8 Å². The van der Waals surface area contributed by atoms with Crippen LogP contribution in [0, 0.1) is 5.92 Å². The summed E-state index contributed by atoms with van der Waals surface area (Å²) in [6.07, 6.45) is 0.617. The Morgan fingerprint density at radius 1 is 1.45 bits per heavy atom. The van der Waals surface area contributed by atoms with E-state index in [9.17, 15) is 9.90 Å². The molecule has 1 aromatic carbocycles. The van der Waals surface area contributed by atoms with Gasteiger partial charge >= 0.3 is 0 Å². The minimum absolute atomic E-state index is 0.0110. The molecule has 2 N–H and O–H groups in total. The lowest BCUT2D eigenvalue weighted by Gasteiger charge is -2.17. The van der Waals surface area contributed by atoms with Crippen LogP contribution in [0.1, 0.15) is 5.56 Å². The molecule has 6 heteroatoms. The molecule has 0 saturated heterocycles. The minimum atomic E-state index is -0.188. The Balaban J connectivity index is 2.63. The van der Waals surface area contributed by atoms with Crippen LogP contribution in [0.4, 0.5) is 0 Å². The molecule has 0 aliphatic heterocycles. The average molecular weight is 346 g/mol. The maximum Gasteiger partial charge on any atom is 0.245 e. The summed E-state index contributed by atoms with van der Waals surface area (Å²) >= 11 is 3.42. The van der Waals surface area contributed by atoms with E-state index in [1.807, 2.05) is 18.2 Å². The van der Waals surface area contributed by atoms with Crippen molar-refractivity contribution >= 4 is 21.8 Å². The number of ether oxygens (including phenoxy) is 2. The highest BCUT2D eigenvalue weighted by molar-refractivity contribution is 9.10. The molecule has 0 heterocycles. The lowest BCUT2D eigenvalue weighted by molar-refractivity contribution is -0.124. The van der Waals surface area contributed by atoms with Crippen LogP contribution in [-0.4, -0.2) is 45.0 Å². The highest BCUT2D eigenvalue weighted by Crippen LogP contribution is 2.25. The van der Waals surface area contributed by atoms with Gasteiger partial charge in [-0.1, -0.05) is 15.9 Å². The molecule has 0 spiro atoms. The Morgan fingerprint density at radius 2 is 2.20 bits per heavy atom. The molecule has 20 heavy (non-hydrogen) atoms. The lowest BCUT2D eigenvalue weighted by Crippen LogP contribution is -2.34. The number of hydrogen-bond acceptors (Lipinski definition) is 4. The van der Waals surface area contributed by atoms with E-state index in [0.29, 0.717) is 13.0 Å². The Bertz CT molecular complexity index is 439. The molecule has 0 aromatic heterocycles. The highest BCUT2D eigenvalue weighted by atomic mass is 79.9. The number of aliphatic hydroxyl groups is 1. The van der Waals surface area contributed by atoms with Crippen molar-refractivity contribution in [2.75, 3.05) is 34.0 Å². The molecule has 1 atom stereocenters. The van der Waals surface area contributed by atoms with Crippen LogP contribution in [0.5, 0.6) is 5.75 Å². The van der Waals surface area contributed by atoms with Crippen molar-refractivity contribution < 1.29 is 19.4 Å². The van der Waals surface area contributed by atoms with E-state index in [1.54, 1.807) is 7.11 Å². The Morgan fingerprint density at radius 3 is 2.80 bits per heavy atom. The molecule has 1 amide bonds. The van der Waals surface area contributed by atoms with Gasteiger partial charge in [0.15, 0.2) is 0 Å². The molecule has 112 valence electrons. The number of rotatable bonds is 8. The van der Waals surface area contributed by atoms with Gasteiger partial charge in [0.2, 0.25) is 5.91 Å². The number of carbonyl (C=O) groups excluding carboxylic acids is 1. The van der Waals surface area contributed by atoms with Crippen molar-refractivity contribution in [2.45, 2.75) is 6.42 Å². The molecule has 0 aliphatic rings. The number of amides is 1. The third-order valence-electron chi connectivity index (χ3n) is 2.87. The fourth-order valence-electron chi connectivity index (χ4n) is 1.86. The third-order valence-corrected chi connectivity index (χ3v) is 3.37. The summed E-state index contributed by atoms with van der Waals surface area (Å²) in [7, 11) is 3.08. The Labute approximate surface area is 127 Å². The second-order valence-corrected chi connectivity index (χ2v) is 5.36. The predicted molar refractivity (Wildman–Crippen MR) is 79.9 cm³/mol. The molecular formula is C14H20BrNO4. The maximum absolute atomic E-state index is 11.3. The third kappa shape index (κ3) is 5.48. The summed E-state index contributed by atoms with van der Waals surface area (Å²) in [5, 5.41) is 12.2. The van der Waals surface area contributed by atoms with Crippen LogP contribution in [-0.2, 0) is 16.0 Å². The van der Waals surface area contributed by atoms with Crippen LogP contribution in [0.3, 0.4) is 0 Å². The molecule has 0 radical (unpaired) electrons. The normalized spacial score (nSPS) is 12.0. The maximum atomic E-state index is 11.3. The molecule has 0 aliphatic carbocycles. The second kappa shape index (κ2) is 8.94. The molecular weight excluding hydrogens is 326 g/mol. The Kier molecular flexibility index (Phi) is 7.58. The van der Waals surface area contributed by atoms with Crippen molar-refractivity contribution in [3.63, 3.8) is 0 Å². The molecule has 5 nitrogen and oxygen atoms in total. The topological polar surface area (TPSA) is 67.8 Å². The van der Waals surface area contributed by atoms with Gasteiger partial charge in [-0.2, -0.15) is 0 Å². The van der Waals surface area contributed by atoms with Gasteiger partial charge in [-0.3, -0.25) is 4.79 Å².